The first-order valence-corrected chi connectivity index (χ1v) is 7.45. The molecule has 1 aromatic heterocycles. The van der Waals surface area contributed by atoms with Crippen molar-refractivity contribution >= 4 is 35.0 Å². The summed E-state index contributed by atoms with van der Waals surface area (Å²) in [6.07, 6.45) is 2.16. The van der Waals surface area contributed by atoms with Gasteiger partial charge in [0.15, 0.2) is 4.34 Å². The monoisotopic (exact) mass is 286 g/mol. The first-order valence-electron chi connectivity index (χ1n) is 5.65. The van der Waals surface area contributed by atoms with E-state index in [0.29, 0.717) is 11.8 Å². The van der Waals surface area contributed by atoms with E-state index < -0.39 is 5.97 Å². The normalized spacial score (nSPS) is 14.5. The Labute approximate surface area is 113 Å². The highest BCUT2D eigenvalue weighted by atomic mass is 32.2. The Hall–Kier alpha value is -1.08. The van der Waals surface area contributed by atoms with E-state index in [4.69, 9.17) is 5.11 Å². The molecule has 1 aliphatic rings. The van der Waals surface area contributed by atoms with Gasteiger partial charge >= 0.3 is 5.97 Å². The number of thiazole rings is 1. The number of amides is 1. The summed E-state index contributed by atoms with van der Waals surface area (Å²) in [6, 6.07) is 0.374. The quantitative estimate of drug-likeness (QED) is 0.774. The number of carbonyl (C=O) groups excluding carboxylic acids is 1. The fourth-order valence-corrected chi connectivity index (χ4v) is 3.42. The van der Waals surface area contributed by atoms with Crippen LogP contribution in [0.4, 0.5) is 0 Å². The molecule has 0 unspecified atom stereocenters. The molecule has 1 aromatic rings. The van der Waals surface area contributed by atoms with Gasteiger partial charge in [-0.3, -0.25) is 9.59 Å². The van der Waals surface area contributed by atoms with Crippen molar-refractivity contribution in [2.45, 2.75) is 36.6 Å². The van der Waals surface area contributed by atoms with Crippen LogP contribution in [0.2, 0.25) is 0 Å². The minimum absolute atomic E-state index is 0.00166. The van der Waals surface area contributed by atoms with Crippen molar-refractivity contribution in [1.29, 1.82) is 0 Å². The highest BCUT2D eigenvalue weighted by Gasteiger charge is 2.23. The summed E-state index contributed by atoms with van der Waals surface area (Å²) in [6.45, 7) is 1.79. The van der Waals surface area contributed by atoms with Crippen LogP contribution in [0.3, 0.4) is 0 Å². The topological polar surface area (TPSA) is 79.3 Å². The van der Waals surface area contributed by atoms with E-state index in [2.05, 4.69) is 10.3 Å². The van der Waals surface area contributed by atoms with E-state index in [-0.39, 0.29) is 12.3 Å². The predicted molar refractivity (Wildman–Crippen MR) is 70.1 cm³/mol. The Balaban J connectivity index is 1.84. The summed E-state index contributed by atoms with van der Waals surface area (Å²) in [5.41, 5.74) is 0.743. The number of nitrogens with one attached hydrogen (secondary N) is 1. The Morgan fingerprint density at radius 1 is 1.56 bits per heavy atom. The van der Waals surface area contributed by atoms with Crippen molar-refractivity contribution in [2.75, 3.05) is 5.75 Å². The summed E-state index contributed by atoms with van der Waals surface area (Å²) in [5.74, 6) is -0.490. The molecule has 1 aliphatic carbocycles. The summed E-state index contributed by atoms with van der Waals surface area (Å²) in [4.78, 5) is 27.1. The maximum absolute atomic E-state index is 11.5. The second kappa shape index (κ2) is 5.71. The van der Waals surface area contributed by atoms with Crippen LogP contribution in [0.25, 0.3) is 0 Å². The number of aromatic nitrogens is 1. The highest BCUT2D eigenvalue weighted by molar-refractivity contribution is 8.01. The molecule has 2 N–H and O–H groups in total. The van der Waals surface area contributed by atoms with Crippen molar-refractivity contribution < 1.29 is 14.7 Å². The molecule has 5 nitrogen and oxygen atoms in total. The van der Waals surface area contributed by atoms with Gasteiger partial charge in [-0.2, -0.15) is 0 Å². The molecule has 0 atom stereocenters. The molecule has 98 valence electrons. The van der Waals surface area contributed by atoms with E-state index in [1.807, 2.05) is 0 Å². The number of rotatable bonds is 6. The highest BCUT2D eigenvalue weighted by Crippen LogP contribution is 2.27. The standard InChI is InChI=1S/C11H14N2O3S2/c1-6-8(4-10(15)16)18-11(12-6)17-5-9(14)13-7-2-3-7/h7H,2-5H2,1H3,(H,13,14)(H,15,16). The van der Waals surface area contributed by atoms with Gasteiger partial charge in [0.25, 0.3) is 0 Å². The molecular formula is C11H14N2O3S2. The molecule has 2 rings (SSSR count). The molecule has 1 amide bonds. The van der Waals surface area contributed by atoms with Crippen LogP contribution in [0.5, 0.6) is 0 Å². The largest absolute Gasteiger partial charge is 0.481 e. The lowest BCUT2D eigenvalue weighted by Crippen LogP contribution is -2.26. The van der Waals surface area contributed by atoms with Gasteiger partial charge < -0.3 is 10.4 Å². The van der Waals surface area contributed by atoms with Gasteiger partial charge in [0.2, 0.25) is 5.91 Å². The van der Waals surface area contributed by atoms with E-state index in [9.17, 15) is 9.59 Å². The Kier molecular flexibility index (Phi) is 4.23. The molecule has 1 saturated carbocycles. The van der Waals surface area contributed by atoms with Crippen molar-refractivity contribution in [2.24, 2.45) is 0 Å². The van der Waals surface area contributed by atoms with E-state index in [1.54, 1.807) is 6.92 Å². The van der Waals surface area contributed by atoms with Crippen LogP contribution in [-0.2, 0) is 16.0 Å². The van der Waals surface area contributed by atoms with E-state index >= 15 is 0 Å². The number of nitrogens with zero attached hydrogens (tertiary/aromatic N) is 1. The molecule has 1 heterocycles. The van der Waals surface area contributed by atoms with Gasteiger partial charge in [-0.25, -0.2) is 4.98 Å². The average Bonchev–Trinajstić information content (AvgIpc) is 3.01. The molecular weight excluding hydrogens is 272 g/mol. The third-order valence-corrected chi connectivity index (χ3v) is 4.75. The van der Waals surface area contributed by atoms with E-state index in [0.717, 1.165) is 27.8 Å². The van der Waals surface area contributed by atoms with E-state index in [1.165, 1.54) is 23.1 Å². The summed E-state index contributed by atoms with van der Waals surface area (Å²) in [7, 11) is 0. The Morgan fingerprint density at radius 2 is 2.28 bits per heavy atom. The van der Waals surface area contributed by atoms with Crippen LogP contribution in [0, 0.1) is 6.92 Å². The van der Waals surface area contributed by atoms with Crippen molar-refractivity contribution in [3.05, 3.63) is 10.6 Å². The second-order valence-corrected chi connectivity index (χ2v) is 6.50. The molecule has 0 aliphatic heterocycles. The van der Waals surface area contributed by atoms with Crippen molar-refractivity contribution in [1.82, 2.24) is 10.3 Å². The zero-order valence-electron chi connectivity index (χ0n) is 9.93. The number of aryl methyl sites for hydroxylation is 1. The average molecular weight is 286 g/mol. The number of thioether (sulfide) groups is 1. The number of aliphatic carboxylic acids is 1. The minimum atomic E-state index is -0.857. The number of carboxylic acid groups (broad SMARTS) is 1. The second-order valence-electron chi connectivity index (χ2n) is 4.19. The summed E-state index contributed by atoms with van der Waals surface area (Å²) < 4.78 is 0.759. The smallest absolute Gasteiger partial charge is 0.308 e. The Bertz CT molecular complexity index is 469. The lowest BCUT2D eigenvalue weighted by atomic mass is 10.3. The van der Waals surface area contributed by atoms with Crippen LogP contribution in [0.15, 0.2) is 4.34 Å². The van der Waals surface area contributed by atoms with Crippen molar-refractivity contribution in [3.63, 3.8) is 0 Å². The van der Waals surface area contributed by atoms with Gasteiger partial charge in [0.1, 0.15) is 0 Å². The van der Waals surface area contributed by atoms with Gasteiger partial charge in [0, 0.05) is 10.9 Å². The summed E-state index contributed by atoms with van der Waals surface area (Å²) in [5, 5.41) is 11.6. The van der Waals surface area contributed by atoms with Crippen LogP contribution in [-0.4, -0.2) is 33.8 Å². The van der Waals surface area contributed by atoms with Crippen molar-refractivity contribution in [3.8, 4) is 0 Å². The number of hydrogen-bond donors (Lipinski definition) is 2. The number of hydrogen-bond acceptors (Lipinski definition) is 5. The molecule has 0 radical (unpaired) electrons. The van der Waals surface area contributed by atoms with Crippen LogP contribution in [0.1, 0.15) is 23.4 Å². The van der Waals surface area contributed by atoms with Gasteiger partial charge in [-0.15, -0.1) is 11.3 Å². The lowest BCUT2D eigenvalue weighted by Gasteiger charge is -2.00. The lowest BCUT2D eigenvalue weighted by molar-refractivity contribution is -0.136. The predicted octanol–water partition coefficient (Wildman–Crippen LogP) is 1.45. The first-order chi connectivity index (χ1) is 8.54. The number of carboxylic acids is 1. The maximum Gasteiger partial charge on any atom is 0.308 e. The van der Waals surface area contributed by atoms with Crippen LogP contribution < -0.4 is 5.32 Å². The zero-order chi connectivity index (χ0) is 13.1. The number of carbonyl (C=O) groups is 2. The third kappa shape index (κ3) is 3.99. The van der Waals surface area contributed by atoms with Gasteiger partial charge in [-0.05, 0) is 19.8 Å². The van der Waals surface area contributed by atoms with Gasteiger partial charge in [-0.1, -0.05) is 11.8 Å². The molecule has 1 fully saturated rings. The SMILES string of the molecule is Cc1nc(SCC(=O)NC2CC2)sc1CC(=O)O. The zero-order valence-corrected chi connectivity index (χ0v) is 11.6. The molecule has 0 aromatic carbocycles. The fraction of sp³-hybridized carbons (Fsp3) is 0.545. The van der Waals surface area contributed by atoms with Gasteiger partial charge in [0.05, 0.1) is 17.9 Å². The first kappa shape index (κ1) is 13.4. The molecule has 0 bridgehead atoms. The molecule has 7 heteroatoms. The maximum atomic E-state index is 11.5. The third-order valence-electron chi connectivity index (χ3n) is 2.45. The molecule has 0 spiro atoms. The van der Waals surface area contributed by atoms with Crippen LogP contribution >= 0.6 is 23.1 Å². The minimum Gasteiger partial charge on any atom is -0.481 e. The fourth-order valence-electron chi connectivity index (χ4n) is 1.39. The molecule has 18 heavy (non-hydrogen) atoms. The summed E-state index contributed by atoms with van der Waals surface area (Å²) >= 11 is 2.72. The molecule has 0 saturated heterocycles. The Morgan fingerprint density at radius 3 is 2.89 bits per heavy atom.